The number of carboxylic acid groups (broad SMARTS) is 1. The van der Waals surface area contributed by atoms with Crippen molar-refractivity contribution < 1.29 is 54.2 Å². The average Bonchev–Trinajstić information content (AvgIpc) is 3.16. The summed E-state index contributed by atoms with van der Waals surface area (Å²) in [7, 11) is 3.30. The SMILES string of the molecule is C[C@@H](O)[C@H]1C(=O)N2C(C(=O)[O-])=C(S/C=C\c3cnc(C(=O)N(C)C)s3)[C@H](C)[C@H]12.[Na+]. The van der Waals surface area contributed by atoms with E-state index in [4.69, 9.17) is 0 Å². The van der Waals surface area contributed by atoms with E-state index in [1.165, 1.54) is 39.8 Å². The third kappa shape index (κ3) is 4.33. The van der Waals surface area contributed by atoms with Gasteiger partial charge in [-0.05, 0) is 18.4 Å². The van der Waals surface area contributed by atoms with Gasteiger partial charge in [-0.25, -0.2) is 4.98 Å². The number of rotatable bonds is 6. The van der Waals surface area contributed by atoms with Crippen LogP contribution in [0.15, 0.2) is 22.2 Å². The van der Waals surface area contributed by atoms with Crippen LogP contribution in [0.25, 0.3) is 6.08 Å². The molecule has 0 radical (unpaired) electrons. The third-order valence-electron chi connectivity index (χ3n) is 4.84. The molecule has 0 bridgehead atoms. The Balaban J connectivity index is 0.00000300. The van der Waals surface area contributed by atoms with Crippen molar-refractivity contribution in [2.45, 2.75) is 26.0 Å². The molecule has 1 fully saturated rings. The second-order valence-electron chi connectivity index (χ2n) is 6.94. The van der Waals surface area contributed by atoms with Gasteiger partial charge in [-0.15, -0.1) is 11.3 Å². The largest absolute Gasteiger partial charge is 1.00 e. The van der Waals surface area contributed by atoms with Gasteiger partial charge in [-0.3, -0.25) is 9.59 Å². The first-order valence-corrected chi connectivity index (χ1v) is 10.3. The normalized spacial score (nSPS) is 24.2. The Labute approximate surface area is 199 Å². The molecule has 2 aliphatic heterocycles. The Morgan fingerprint density at radius 2 is 2.10 bits per heavy atom. The first-order valence-electron chi connectivity index (χ1n) is 8.62. The van der Waals surface area contributed by atoms with Crippen LogP contribution in [-0.2, 0) is 9.59 Å². The Morgan fingerprint density at radius 3 is 2.66 bits per heavy atom. The molecule has 11 heteroatoms. The topological polar surface area (TPSA) is 114 Å². The minimum atomic E-state index is -1.40. The van der Waals surface area contributed by atoms with Gasteiger partial charge in [0, 0.05) is 36.0 Å². The van der Waals surface area contributed by atoms with E-state index in [0.29, 0.717) is 9.91 Å². The van der Waals surface area contributed by atoms with Crippen molar-refractivity contribution >= 4 is 47.0 Å². The summed E-state index contributed by atoms with van der Waals surface area (Å²) in [6, 6.07) is -0.371. The Hall–Kier alpha value is -1.17. The van der Waals surface area contributed by atoms with E-state index in [2.05, 4.69) is 4.98 Å². The number of fused-ring (bicyclic) bond motifs is 1. The van der Waals surface area contributed by atoms with Gasteiger partial charge in [0.25, 0.3) is 5.91 Å². The van der Waals surface area contributed by atoms with Crippen LogP contribution in [0.3, 0.4) is 0 Å². The van der Waals surface area contributed by atoms with Crippen molar-refractivity contribution in [2.75, 3.05) is 14.1 Å². The number of aromatic nitrogens is 1. The maximum atomic E-state index is 12.3. The molecule has 29 heavy (non-hydrogen) atoms. The Morgan fingerprint density at radius 1 is 1.45 bits per heavy atom. The first-order chi connectivity index (χ1) is 13.1. The number of aliphatic carboxylic acids is 1. The molecular weight excluding hydrogens is 425 g/mol. The van der Waals surface area contributed by atoms with E-state index in [1.807, 2.05) is 6.92 Å². The zero-order chi connectivity index (χ0) is 20.7. The summed E-state index contributed by atoms with van der Waals surface area (Å²) in [6.07, 6.45) is 2.47. The smallest absolute Gasteiger partial charge is 0.543 e. The predicted molar refractivity (Wildman–Crippen MR) is 104 cm³/mol. The molecule has 0 spiro atoms. The Bertz CT molecular complexity index is 896. The fourth-order valence-corrected chi connectivity index (χ4v) is 5.43. The summed E-state index contributed by atoms with van der Waals surface area (Å²) < 4.78 is 0. The summed E-state index contributed by atoms with van der Waals surface area (Å²) in [5.41, 5.74) is -0.123. The summed E-state index contributed by atoms with van der Waals surface area (Å²) in [4.78, 5) is 43.8. The van der Waals surface area contributed by atoms with Crippen LogP contribution in [0.5, 0.6) is 0 Å². The van der Waals surface area contributed by atoms with Crippen LogP contribution in [0.4, 0.5) is 0 Å². The second kappa shape index (κ2) is 9.32. The van der Waals surface area contributed by atoms with Gasteiger partial charge < -0.3 is 24.8 Å². The number of hydrogen-bond acceptors (Lipinski definition) is 8. The number of β-lactam (4-membered cyclic amide) rings is 1. The minimum Gasteiger partial charge on any atom is -0.543 e. The number of hydrogen-bond donors (Lipinski definition) is 1. The van der Waals surface area contributed by atoms with E-state index >= 15 is 0 Å². The Kier molecular flexibility index (Phi) is 7.74. The van der Waals surface area contributed by atoms with E-state index in [9.17, 15) is 24.6 Å². The molecule has 2 aliphatic rings. The van der Waals surface area contributed by atoms with Gasteiger partial charge >= 0.3 is 29.6 Å². The molecule has 3 heterocycles. The van der Waals surface area contributed by atoms with Gasteiger partial charge in [0.1, 0.15) is 0 Å². The predicted octanol–water partition coefficient (Wildman–Crippen LogP) is -2.63. The zero-order valence-corrected chi connectivity index (χ0v) is 20.4. The fourth-order valence-electron chi connectivity index (χ4n) is 3.50. The molecule has 0 unspecified atom stereocenters. The zero-order valence-electron chi connectivity index (χ0n) is 16.8. The molecule has 1 N–H and O–H groups in total. The maximum Gasteiger partial charge on any atom is 1.00 e. The standard InChI is InChI=1S/C18H21N3O5S2.Na/c1-8-12-11(9(2)22)16(23)21(12)13(18(25)26)14(8)27-6-5-10-7-19-15(28-10)17(24)20(3)4;/h5-9,11-12,22H,1-4H3,(H,25,26);/q;+1/p-1/b6-5-;/t8-,9-,11-,12-;/m1./s1. The van der Waals surface area contributed by atoms with Crippen molar-refractivity contribution in [3.63, 3.8) is 0 Å². The molecule has 0 aromatic carbocycles. The van der Waals surface area contributed by atoms with Gasteiger partial charge in [0.05, 0.1) is 29.7 Å². The molecule has 2 amide bonds. The van der Waals surface area contributed by atoms with Crippen LogP contribution < -0.4 is 34.7 Å². The average molecular weight is 445 g/mol. The van der Waals surface area contributed by atoms with E-state index in [0.717, 1.165) is 4.88 Å². The summed E-state index contributed by atoms with van der Waals surface area (Å²) in [6.45, 7) is 3.37. The summed E-state index contributed by atoms with van der Waals surface area (Å²) in [5, 5.41) is 23.6. The molecule has 1 aromatic heterocycles. The van der Waals surface area contributed by atoms with E-state index in [-0.39, 0.29) is 59.0 Å². The molecule has 8 nitrogen and oxygen atoms in total. The number of carboxylic acids is 1. The van der Waals surface area contributed by atoms with Crippen molar-refractivity contribution in [3.05, 3.63) is 32.1 Å². The number of carbonyl (C=O) groups is 3. The quantitative estimate of drug-likeness (QED) is 0.377. The van der Waals surface area contributed by atoms with E-state index in [1.54, 1.807) is 31.8 Å². The van der Waals surface area contributed by atoms with Gasteiger partial charge in [0.15, 0.2) is 5.01 Å². The van der Waals surface area contributed by atoms with Gasteiger partial charge in [-0.1, -0.05) is 18.7 Å². The van der Waals surface area contributed by atoms with Crippen LogP contribution >= 0.6 is 23.1 Å². The van der Waals surface area contributed by atoms with Crippen LogP contribution in [0.1, 0.15) is 28.5 Å². The maximum absolute atomic E-state index is 12.3. The minimum absolute atomic E-state index is 0. The molecule has 1 saturated heterocycles. The monoisotopic (exact) mass is 445 g/mol. The fraction of sp³-hybridized carbons (Fsp3) is 0.444. The van der Waals surface area contributed by atoms with E-state index < -0.39 is 18.0 Å². The number of carbonyl (C=O) groups excluding carboxylic acids is 3. The van der Waals surface area contributed by atoms with Crippen molar-refractivity contribution in [1.82, 2.24) is 14.8 Å². The molecule has 4 atom stereocenters. The second-order valence-corrected chi connectivity index (χ2v) is 8.95. The van der Waals surface area contributed by atoms with Crippen molar-refractivity contribution in [3.8, 4) is 0 Å². The number of thiazole rings is 1. The van der Waals surface area contributed by atoms with Crippen LogP contribution in [0.2, 0.25) is 0 Å². The number of amides is 2. The molecule has 150 valence electrons. The molecular formula is C18H20N3NaO5S2. The number of aliphatic hydroxyl groups excluding tert-OH is 1. The third-order valence-corrected chi connectivity index (χ3v) is 6.88. The summed E-state index contributed by atoms with van der Waals surface area (Å²) >= 11 is 2.43. The molecule has 0 saturated carbocycles. The molecule has 1 aromatic rings. The van der Waals surface area contributed by atoms with Crippen LogP contribution in [-0.4, -0.2) is 63.9 Å². The van der Waals surface area contributed by atoms with Crippen molar-refractivity contribution in [2.24, 2.45) is 11.8 Å². The number of aliphatic hydroxyl groups is 1. The summed E-state index contributed by atoms with van der Waals surface area (Å²) in [5.74, 6) is -2.81. The molecule has 3 rings (SSSR count). The number of nitrogens with zero attached hydrogens (tertiary/aromatic N) is 3. The molecule has 0 aliphatic carbocycles. The van der Waals surface area contributed by atoms with Crippen molar-refractivity contribution in [1.29, 1.82) is 0 Å². The first kappa shape index (κ1) is 24.1. The van der Waals surface area contributed by atoms with Crippen LogP contribution in [0, 0.1) is 11.8 Å². The number of thioether (sulfide) groups is 1. The van der Waals surface area contributed by atoms with Gasteiger partial charge in [0.2, 0.25) is 5.91 Å². The van der Waals surface area contributed by atoms with Gasteiger partial charge in [-0.2, -0.15) is 0 Å².